The summed E-state index contributed by atoms with van der Waals surface area (Å²) in [7, 11) is 0. The molecule has 0 aliphatic carbocycles. The number of hydrogen-bond acceptors (Lipinski definition) is 4. The first kappa shape index (κ1) is 19.7. The van der Waals surface area contributed by atoms with Crippen molar-refractivity contribution in [2.45, 2.75) is 78.0 Å². The molecule has 1 heterocycles. The topological polar surface area (TPSA) is 87.1 Å². The van der Waals surface area contributed by atoms with E-state index < -0.39 is 23.6 Å². The van der Waals surface area contributed by atoms with Gasteiger partial charge in [-0.1, -0.05) is 13.8 Å². The van der Waals surface area contributed by atoms with Crippen molar-refractivity contribution in [1.29, 1.82) is 0 Å². The Labute approximate surface area is 138 Å². The van der Waals surface area contributed by atoms with Gasteiger partial charge in [-0.05, 0) is 52.4 Å². The molecule has 1 fully saturated rings. The number of hydrogen-bond donors (Lipinski definition) is 2. The largest absolute Gasteiger partial charge is 0.481 e. The molecule has 0 radical (unpaired) electrons. The molecule has 1 amide bonds. The molecule has 134 valence electrons. The Bertz CT molecular complexity index is 416. The van der Waals surface area contributed by atoms with Crippen molar-refractivity contribution in [1.82, 2.24) is 4.90 Å². The van der Waals surface area contributed by atoms with E-state index in [-0.39, 0.29) is 24.5 Å². The van der Waals surface area contributed by atoms with Gasteiger partial charge in [-0.15, -0.1) is 0 Å². The van der Waals surface area contributed by atoms with Gasteiger partial charge in [0.1, 0.15) is 5.60 Å². The lowest BCUT2D eigenvalue weighted by Gasteiger charge is -2.31. The van der Waals surface area contributed by atoms with E-state index in [2.05, 4.69) is 0 Å². The number of carbonyl (C=O) groups is 2. The van der Waals surface area contributed by atoms with Gasteiger partial charge >= 0.3 is 12.1 Å². The normalized spacial score (nSPS) is 21.3. The molecule has 6 nitrogen and oxygen atoms in total. The van der Waals surface area contributed by atoms with Crippen LogP contribution in [-0.2, 0) is 9.53 Å². The minimum Gasteiger partial charge on any atom is -0.481 e. The quantitative estimate of drug-likeness (QED) is 0.782. The fourth-order valence-electron chi connectivity index (χ4n) is 3.02. The molecule has 1 rings (SSSR count). The first-order chi connectivity index (χ1) is 10.5. The number of aliphatic carboxylic acids is 1. The molecule has 1 aliphatic heterocycles. The summed E-state index contributed by atoms with van der Waals surface area (Å²) in [6.45, 7) is 9.90. The number of aliphatic hydroxyl groups excluding tert-OH is 1. The molecule has 1 aliphatic rings. The summed E-state index contributed by atoms with van der Waals surface area (Å²) in [6.07, 6.45) is 0.979. The molecule has 3 atom stereocenters. The number of amides is 1. The highest BCUT2D eigenvalue weighted by atomic mass is 16.6. The highest BCUT2D eigenvalue weighted by Gasteiger charge is 2.36. The van der Waals surface area contributed by atoms with Crippen molar-refractivity contribution in [3.8, 4) is 0 Å². The van der Waals surface area contributed by atoms with E-state index in [1.165, 1.54) is 0 Å². The molecule has 0 aromatic rings. The van der Waals surface area contributed by atoms with Crippen LogP contribution in [0.2, 0.25) is 0 Å². The Morgan fingerprint density at radius 1 is 1.30 bits per heavy atom. The van der Waals surface area contributed by atoms with Crippen molar-refractivity contribution in [2.24, 2.45) is 11.8 Å². The van der Waals surface area contributed by atoms with Gasteiger partial charge in [0.15, 0.2) is 0 Å². The lowest BCUT2D eigenvalue weighted by atomic mass is 9.88. The number of carboxylic acid groups (broad SMARTS) is 1. The molecule has 0 bridgehead atoms. The number of likely N-dealkylation sites (tertiary alicyclic amines) is 1. The number of aliphatic hydroxyl groups is 1. The van der Waals surface area contributed by atoms with Gasteiger partial charge in [-0.3, -0.25) is 4.79 Å². The summed E-state index contributed by atoms with van der Waals surface area (Å²) in [4.78, 5) is 25.3. The number of nitrogens with zero attached hydrogens (tertiary/aromatic N) is 1. The predicted octanol–water partition coefficient (Wildman–Crippen LogP) is 2.88. The van der Waals surface area contributed by atoms with Gasteiger partial charge in [-0.25, -0.2) is 4.79 Å². The molecule has 0 unspecified atom stereocenters. The summed E-state index contributed by atoms with van der Waals surface area (Å²) < 4.78 is 5.39. The standard InChI is InChI=1S/C17H31NO5/c1-11(2)9-13(15(20)21)14(19)10-12-7-6-8-18(12)16(22)23-17(3,4)5/h11-14,19H,6-10H2,1-5H3,(H,20,21)/t12-,13+,14-/m1/s1. The Morgan fingerprint density at radius 2 is 1.91 bits per heavy atom. The second kappa shape index (κ2) is 7.99. The van der Waals surface area contributed by atoms with Crippen LogP contribution in [0, 0.1) is 11.8 Å². The molecule has 23 heavy (non-hydrogen) atoms. The first-order valence-corrected chi connectivity index (χ1v) is 8.41. The molecular weight excluding hydrogens is 298 g/mol. The minimum absolute atomic E-state index is 0.158. The van der Waals surface area contributed by atoms with Crippen molar-refractivity contribution in [3.05, 3.63) is 0 Å². The van der Waals surface area contributed by atoms with Crippen molar-refractivity contribution in [2.75, 3.05) is 6.54 Å². The van der Waals surface area contributed by atoms with Gasteiger partial charge in [0.05, 0.1) is 12.0 Å². The van der Waals surface area contributed by atoms with Crippen LogP contribution >= 0.6 is 0 Å². The fourth-order valence-corrected chi connectivity index (χ4v) is 3.02. The molecule has 0 aromatic heterocycles. The van der Waals surface area contributed by atoms with Crippen LogP contribution in [0.3, 0.4) is 0 Å². The maximum atomic E-state index is 12.2. The molecule has 2 N–H and O–H groups in total. The Morgan fingerprint density at radius 3 is 2.39 bits per heavy atom. The van der Waals surface area contributed by atoms with E-state index in [9.17, 15) is 19.8 Å². The monoisotopic (exact) mass is 329 g/mol. The van der Waals surface area contributed by atoms with Gasteiger partial charge in [0.25, 0.3) is 0 Å². The first-order valence-electron chi connectivity index (χ1n) is 8.41. The average molecular weight is 329 g/mol. The number of carboxylic acids is 1. The Balaban J connectivity index is 2.69. The van der Waals surface area contributed by atoms with Crippen LogP contribution in [0.1, 0.15) is 60.3 Å². The van der Waals surface area contributed by atoms with E-state index in [4.69, 9.17) is 4.74 Å². The van der Waals surface area contributed by atoms with Crippen molar-refractivity contribution in [3.63, 3.8) is 0 Å². The molecule has 6 heteroatoms. The van der Waals surface area contributed by atoms with Gasteiger partial charge < -0.3 is 19.8 Å². The van der Waals surface area contributed by atoms with Crippen LogP contribution in [0.5, 0.6) is 0 Å². The van der Waals surface area contributed by atoms with E-state index in [0.29, 0.717) is 13.0 Å². The van der Waals surface area contributed by atoms with E-state index in [0.717, 1.165) is 12.8 Å². The number of carbonyl (C=O) groups excluding carboxylic acids is 1. The molecule has 0 aromatic carbocycles. The van der Waals surface area contributed by atoms with Crippen LogP contribution < -0.4 is 0 Å². The zero-order chi connectivity index (χ0) is 17.8. The van der Waals surface area contributed by atoms with Crippen LogP contribution in [0.15, 0.2) is 0 Å². The summed E-state index contributed by atoms with van der Waals surface area (Å²) >= 11 is 0. The fraction of sp³-hybridized carbons (Fsp3) is 0.882. The molecule has 1 saturated heterocycles. The number of ether oxygens (including phenoxy) is 1. The number of rotatable bonds is 6. The van der Waals surface area contributed by atoms with Crippen molar-refractivity contribution >= 4 is 12.1 Å². The third-order valence-corrected chi connectivity index (χ3v) is 4.03. The van der Waals surface area contributed by atoms with Gasteiger partial charge in [0.2, 0.25) is 0 Å². The summed E-state index contributed by atoms with van der Waals surface area (Å²) in [5.41, 5.74) is -0.565. The highest BCUT2D eigenvalue weighted by molar-refractivity contribution is 5.71. The SMILES string of the molecule is CC(C)C[C@H](C(=O)O)[C@H](O)C[C@H]1CCCN1C(=O)OC(C)(C)C. The Hall–Kier alpha value is -1.30. The minimum atomic E-state index is -0.979. The van der Waals surface area contributed by atoms with E-state index in [1.54, 1.807) is 4.90 Å². The predicted molar refractivity (Wildman–Crippen MR) is 87.2 cm³/mol. The van der Waals surface area contributed by atoms with Crippen LogP contribution in [-0.4, -0.2) is 51.5 Å². The van der Waals surface area contributed by atoms with E-state index in [1.807, 2.05) is 34.6 Å². The van der Waals surface area contributed by atoms with Crippen molar-refractivity contribution < 1.29 is 24.5 Å². The van der Waals surface area contributed by atoms with E-state index >= 15 is 0 Å². The Kier molecular flexibility index (Phi) is 6.86. The molecule has 0 spiro atoms. The van der Waals surface area contributed by atoms with Crippen LogP contribution in [0.25, 0.3) is 0 Å². The lowest BCUT2D eigenvalue weighted by molar-refractivity contribution is -0.147. The second-order valence-electron chi connectivity index (χ2n) is 7.85. The zero-order valence-electron chi connectivity index (χ0n) is 14.9. The summed E-state index contributed by atoms with van der Waals surface area (Å²) in [6, 6.07) is -0.158. The molecular formula is C17H31NO5. The average Bonchev–Trinajstić information content (AvgIpc) is 2.81. The zero-order valence-corrected chi connectivity index (χ0v) is 14.9. The van der Waals surface area contributed by atoms with Crippen LogP contribution in [0.4, 0.5) is 4.79 Å². The van der Waals surface area contributed by atoms with Gasteiger partial charge in [-0.2, -0.15) is 0 Å². The highest BCUT2D eigenvalue weighted by Crippen LogP contribution is 2.27. The smallest absolute Gasteiger partial charge is 0.410 e. The maximum Gasteiger partial charge on any atom is 0.410 e. The molecule has 0 saturated carbocycles. The lowest BCUT2D eigenvalue weighted by Crippen LogP contribution is -2.42. The maximum absolute atomic E-state index is 12.2. The third kappa shape index (κ3) is 6.37. The second-order valence-corrected chi connectivity index (χ2v) is 7.85. The van der Waals surface area contributed by atoms with Gasteiger partial charge in [0, 0.05) is 12.6 Å². The summed E-state index contributed by atoms with van der Waals surface area (Å²) in [5.74, 6) is -1.58. The summed E-state index contributed by atoms with van der Waals surface area (Å²) in [5, 5.41) is 19.7. The third-order valence-electron chi connectivity index (χ3n) is 4.03.